The van der Waals surface area contributed by atoms with Crippen LogP contribution in [0.4, 0.5) is 4.39 Å². The van der Waals surface area contributed by atoms with Crippen LogP contribution in [0.5, 0.6) is 0 Å². The highest BCUT2D eigenvalue weighted by atomic mass is 35.5. The van der Waals surface area contributed by atoms with E-state index in [0.29, 0.717) is 38.4 Å². The van der Waals surface area contributed by atoms with Crippen LogP contribution < -0.4 is 10.6 Å². The Kier molecular flexibility index (Phi) is 5.38. The van der Waals surface area contributed by atoms with E-state index in [1.54, 1.807) is 37.4 Å². The van der Waals surface area contributed by atoms with Gasteiger partial charge in [0.05, 0.1) is 16.1 Å². The number of carbonyl (C=O) groups excluding carboxylic acids is 2. The minimum Gasteiger partial charge on any atom is -0.455 e. The maximum atomic E-state index is 13.4. The molecule has 1 aromatic heterocycles. The molecule has 5 nitrogen and oxygen atoms in total. The van der Waals surface area contributed by atoms with Gasteiger partial charge in [-0.15, -0.1) is 0 Å². The van der Waals surface area contributed by atoms with Gasteiger partial charge in [-0.25, -0.2) is 4.39 Å². The fourth-order valence-corrected chi connectivity index (χ4v) is 4.01. The van der Waals surface area contributed by atoms with E-state index in [0.717, 1.165) is 24.0 Å². The summed E-state index contributed by atoms with van der Waals surface area (Å²) in [5, 5.41) is 6.61. The predicted molar refractivity (Wildman–Crippen MR) is 126 cm³/mol. The van der Waals surface area contributed by atoms with E-state index < -0.39 is 0 Å². The largest absolute Gasteiger partial charge is 0.455 e. The third-order valence-electron chi connectivity index (χ3n) is 5.71. The van der Waals surface area contributed by atoms with Crippen LogP contribution in [0.15, 0.2) is 65.1 Å². The Labute approximate surface area is 194 Å². The molecule has 0 unspecified atom stereocenters. The quantitative estimate of drug-likeness (QED) is 0.393. The van der Waals surface area contributed by atoms with Crippen LogP contribution in [0.25, 0.3) is 33.4 Å². The lowest BCUT2D eigenvalue weighted by Gasteiger charge is -2.09. The number of carbonyl (C=O) groups is 2. The topological polar surface area (TPSA) is 71.3 Å². The van der Waals surface area contributed by atoms with Gasteiger partial charge in [0.25, 0.3) is 11.8 Å². The highest BCUT2D eigenvalue weighted by molar-refractivity contribution is 6.34. The SMILES string of the molecule is CNC(=O)c1c(-c2ccc(F)cc2)oc2ccc(-c3ccc(Cl)c(C(=O)NC4CC4)c3)cc12. The van der Waals surface area contributed by atoms with E-state index in [2.05, 4.69) is 10.6 Å². The van der Waals surface area contributed by atoms with Gasteiger partial charge in [0.15, 0.2) is 0 Å². The molecule has 1 aliphatic rings. The summed E-state index contributed by atoms with van der Waals surface area (Å²) in [6, 6.07) is 16.8. The van der Waals surface area contributed by atoms with Gasteiger partial charge in [-0.1, -0.05) is 23.7 Å². The van der Waals surface area contributed by atoms with Crippen molar-refractivity contribution >= 4 is 34.4 Å². The number of furan rings is 1. The zero-order chi connectivity index (χ0) is 23.1. The second-order valence-electron chi connectivity index (χ2n) is 8.05. The van der Waals surface area contributed by atoms with Crippen LogP contribution in [-0.4, -0.2) is 24.9 Å². The van der Waals surface area contributed by atoms with E-state index in [1.165, 1.54) is 12.1 Å². The Morgan fingerprint density at radius 2 is 1.61 bits per heavy atom. The molecule has 0 radical (unpaired) electrons. The average molecular weight is 463 g/mol. The summed E-state index contributed by atoms with van der Waals surface area (Å²) < 4.78 is 19.4. The Balaban J connectivity index is 1.61. The molecule has 7 heteroatoms. The number of hydrogen-bond donors (Lipinski definition) is 2. The van der Waals surface area contributed by atoms with Crippen molar-refractivity contribution < 1.29 is 18.4 Å². The fourth-order valence-electron chi connectivity index (χ4n) is 3.80. The monoisotopic (exact) mass is 462 g/mol. The molecule has 1 fully saturated rings. The fraction of sp³-hybridized carbons (Fsp3) is 0.154. The number of nitrogens with one attached hydrogen (secondary N) is 2. The third kappa shape index (κ3) is 4.10. The zero-order valence-electron chi connectivity index (χ0n) is 17.7. The molecule has 3 aromatic carbocycles. The first-order valence-electron chi connectivity index (χ1n) is 10.6. The summed E-state index contributed by atoms with van der Waals surface area (Å²) in [7, 11) is 1.55. The van der Waals surface area contributed by atoms with Crippen molar-refractivity contribution in [1.29, 1.82) is 0 Å². The number of amides is 2. The maximum Gasteiger partial charge on any atom is 0.255 e. The number of rotatable bonds is 5. The number of fused-ring (bicyclic) bond motifs is 1. The maximum absolute atomic E-state index is 13.4. The molecular weight excluding hydrogens is 443 g/mol. The summed E-state index contributed by atoms with van der Waals surface area (Å²) in [4.78, 5) is 25.4. The molecule has 33 heavy (non-hydrogen) atoms. The van der Waals surface area contributed by atoms with E-state index in [1.807, 2.05) is 18.2 Å². The van der Waals surface area contributed by atoms with E-state index in [4.69, 9.17) is 16.0 Å². The number of benzene rings is 3. The molecule has 0 saturated heterocycles. The Morgan fingerprint density at radius 3 is 2.30 bits per heavy atom. The molecule has 0 bridgehead atoms. The Hall–Kier alpha value is -3.64. The van der Waals surface area contributed by atoms with Crippen molar-refractivity contribution in [2.24, 2.45) is 0 Å². The van der Waals surface area contributed by atoms with Gasteiger partial charge in [0, 0.05) is 24.0 Å². The van der Waals surface area contributed by atoms with Crippen LogP contribution in [0.2, 0.25) is 5.02 Å². The molecule has 5 rings (SSSR count). The summed E-state index contributed by atoms with van der Waals surface area (Å²) in [6.45, 7) is 0. The highest BCUT2D eigenvalue weighted by Gasteiger charge is 2.25. The number of hydrogen-bond acceptors (Lipinski definition) is 3. The predicted octanol–water partition coefficient (Wildman–Crippen LogP) is 5.81. The van der Waals surface area contributed by atoms with E-state index in [9.17, 15) is 14.0 Å². The molecule has 2 N–H and O–H groups in total. The summed E-state index contributed by atoms with van der Waals surface area (Å²) >= 11 is 6.29. The Morgan fingerprint density at radius 1 is 0.939 bits per heavy atom. The number of halogens is 2. The molecule has 2 amide bonds. The minimum atomic E-state index is -0.372. The minimum absolute atomic E-state index is 0.196. The summed E-state index contributed by atoms with van der Waals surface area (Å²) in [5.41, 5.74) is 3.48. The summed E-state index contributed by atoms with van der Waals surface area (Å²) in [5.74, 6) is -0.519. The zero-order valence-corrected chi connectivity index (χ0v) is 18.5. The van der Waals surface area contributed by atoms with Crippen molar-refractivity contribution in [2.75, 3.05) is 7.05 Å². The molecule has 1 heterocycles. The molecule has 1 aliphatic carbocycles. The molecular formula is C26H20ClFN2O3. The Bertz CT molecular complexity index is 1390. The standard InChI is InChI=1S/C26H20ClFN2O3/c1-29-26(32)23-20-13-16(5-11-22(20)33-24(23)14-2-6-17(28)7-3-14)15-4-10-21(27)19(12-15)25(31)30-18-8-9-18/h2-7,10-13,18H,8-9H2,1H3,(H,29,32)(H,30,31). The van der Waals surface area contributed by atoms with Gasteiger partial charge in [-0.05, 0) is 72.5 Å². The molecule has 1 saturated carbocycles. The van der Waals surface area contributed by atoms with Gasteiger partial charge < -0.3 is 15.1 Å². The first-order valence-corrected chi connectivity index (χ1v) is 11.0. The van der Waals surface area contributed by atoms with Crippen LogP contribution >= 0.6 is 11.6 Å². The second kappa shape index (κ2) is 8.37. The lowest BCUT2D eigenvalue weighted by molar-refractivity contribution is 0.0947. The average Bonchev–Trinajstić information content (AvgIpc) is 3.55. The van der Waals surface area contributed by atoms with E-state index >= 15 is 0 Å². The van der Waals surface area contributed by atoms with Crippen molar-refractivity contribution in [3.63, 3.8) is 0 Å². The van der Waals surface area contributed by atoms with Crippen LogP contribution in [0.3, 0.4) is 0 Å². The molecule has 166 valence electrons. The van der Waals surface area contributed by atoms with Crippen LogP contribution in [0, 0.1) is 5.82 Å². The van der Waals surface area contributed by atoms with Gasteiger partial charge >= 0.3 is 0 Å². The van der Waals surface area contributed by atoms with Crippen molar-refractivity contribution in [3.05, 3.63) is 82.6 Å². The van der Waals surface area contributed by atoms with Gasteiger partial charge in [-0.3, -0.25) is 9.59 Å². The van der Waals surface area contributed by atoms with Crippen molar-refractivity contribution in [3.8, 4) is 22.5 Å². The third-order valence-corrected chi connectivity index (χ3v) is 6.03. The first kappa shape index (κ1) is 21.2. The lowest BCUT2D eigenvalue weighted by Crippen LogP contribution is -2.25. The van der Waals surface area contributed by atoms with Crippen molar-refractivity contribution in [2.45, 2.75) is 18.9 Å². The van der Waals surface area contributed by atoms with E-state index in [-0.39, 0.29) is 23.7 Å². The smallest absolute Gasteiger partial charge is 0.255 e. The summed E-state index contributed by atoms with van der Waals surface area (Å²) in [6.07, 6.45) is 1.97. The molecule has 0 aliphatic heterocycles. The van der Waals surface area contributed by atoms with Gasteiger partial charge in [0.1, 0.15) is 17.2 Å². The molecule has 0 spiro atoms. The normalized spacial score (nSPS) is 13.2. The van der Waals surface area contributed by atoms with Crippen molar-refractivity contribution in [1.82, 2.24) is 10.6 Å². The molecule has 0 atom stereocenters. The van der Waals surface area contributed by atoms with Gasteiger partial charge in [0.2, 0.25) is 0 Å². The molecule has 4 aromatic rings. The lowest BCUT2D eigenvalue weighted by atomic mass is 9.99. The second-order valence-corrected chi connectivity index (χ2v) is 8.45. The van der Waals surface area contributed by atoms with Crippen LogP contribution in [0.1, 0.15) is 33.6 Å². The van der Waals surface area contributed by atoms with Crippen LogP contribution in [-0.2, 0) is 0 Å². The van der Waals surface area contributed by atoms with Gasteiger partial charge in [-0.2, -0.15) is 0 Å². The first-order chi connectivity index (χ1) is 15.9. The highest BCUT2D eigenvalue weighted by Crippen LogP contribution is 2.36.